The highest BCUT2D eigenvalue weighted by molar-refractivity contribution is 5.95. The number of fused-ring (bicyclic) bond motifs is 1. The number of aromatic nitrogens is 2. The molecule has 2 heterocycles. The van der Waals surface area contributed by atoms with Crippen LogP contribution in [0.5, 0.6) is 0 Å². The average molecular weight is 340 g/mol. The smallest absolute Gasteiger partial charge is 0.252 e. The monoisotopic (exact) mass is 340 g/mol. The SMILES string of the molecule is CC(=O)N1c2cc(-c3cc(=O)[nH]c(N)n3)c(C)cc2C(C)CC1(C)C. The minimum absolute atomic E-state index is 0.00587. The van der Waals surface area contributed by atoms with E-state index in [9.17, 15) is 9.59 Å². The third kappa shape index (κ3) is 2.92. The highest BCUT2D eigenvalue weighted by Gasteiger charge is 2.39. The zero-order valence-electron chi connectivity index (χ0n) is 15.3. The lowest BCUT2D eigenvalue weighted by atomic mass is 9.78. The Labute approximate surface area is 147 Å². The van der Waals surface area contributed by atoms with Gasteiger partial charge in [-0.3, -0.25) is 14.6 Å². The van der Waals surface area contributed by atoms with E-state index in [0.29, 0.717) is 11.6 Å². The van der Waals surface area contributed by atoms with Crippen LogP contribution in [0, 0.1) is 6.92 Å². The molecule has 1 unspecified atom stereocenters. The van der Waals surface area contributed by atoms with Crippen LogP contribution in [-0.4, -0.2) is 21.4 Å². The van der Waals surface area contributed by atoms with Gasteiger partial charge in [0.2, 0.25) is 11.9 Å². The Hall–Kier alpha value is -2.63. The Bertz CT molecular complexity index is 914. The molecule has 1 atom stereocenters. The molecule has 0 aliphatic carbocycles. The fourth-order valence-corrected chi connectivity index (χ4v) is 4.07. The number of hydrogen-bond acceptors (Lipinski definition) is 4. The lowest BCUT2D eigenvalue weighted by Crippen LogP contribution is -2.50. The number of anilines is 2. The maximum atomic E-state index is 12.4. The van der Waals surface area contributed by atoms with E-state index in [2.05, 4.69) is 36.8 Å². The fourth-order valence-electron chi connectivity index (χ4n) is 4.07. The van der Waals surface area contributed by atoms with Crippen molar-refractivity contribution in [3.8, 4) is 11.3 Å². The lowest BCUT2D eigenvalue weighted by molar-refractivity contribution is -0.117. The van der Waals surface area contributed by atoms with Crippen molar-refractivity contribution in [2.75, 3.05) is 10.6 Å². The highest BCUT2D eigenvalue weighted by atomic mass is 16.2. The summed E-state index contributed by atoms with van der Waals surface area (Å²) in [6.45, 7) is 9.91. The second kappa shape index (κ2) is 5.72. The van der Waals surface area contributed by atoms with Crippen molar-refractivity contribution < 1.29 is 4.79 Å². The van der Waals surface area contributed by atoms with Crippen molar-refractivity contribution in [3.63, 3.8) is 0 Å². The summed E-state index contributed by atoms with van der Waals surface area (Å²) in [6, 6.07) is 5.49. The van der Waals surface area contributed by atoms with E-state index in [1.165, 1.54) is 6.07 Å². The molecule has 3 rings (SSSR count). The molecule has 0 fully saturated rings. The predicted octanol–water partition coefficient (Wildman–Crippen LogP) is 2.97. The molecule has 3 N–H and O–H groups in total. The number of nitrogens with one attached hydrogen (secondary N) is 1. The number of aryl methyl sites for hydroxylation is 1. The molecule has 0 saturated carbocycles. The maximum Gasteiger partial charge on any atom is 0.252 e. The Morgan fingerprint density at radius 2 is 2.04 bits per heavy atom. The van der Waals surface area contributed by atoms with Gasteiger partial charge in [-0.1, -0.05) is 13.0 Å². The summed E-state index contributed by atoms with van der Waals surface area (Å²) < 4.78 is 0. The summed E-state index contributed by atoms with van der Waals surface area (Å²) >= 11 is 0. The van der Waals surface area contributed by atoms with Crippen LogP contribution in [0.3, 0.4) is 0 Å². The second-order valence-electron chi connectivity index (χ2n) is 7.51. The molecule has 25 heavy (non-hydrogen) atoms. The van der Waals surface area contributed by atoms with Gasteiger partial charge in [-0.25, -0.2) is 4.98 Å². The molecule has 1 aliphatic rings. The van der Waals surface area contributed by atoms with E-state index in [0.717, 1.165) is 28.8 Å². The highest BCUT2D eigenvalue weighted by Crippen LogP contribution is 2.45. The Morgan fingerprint density at radius 3 is 2.64 bits per heavy atom. The van der Waals surface area contributed by atoms with Crippen molar-refractivity contribution in [1.82, 2.24) is 9.97 Å². The normalized spacial score (nSPS) is 18.8. The molecule has 132 valence electrons. The first-order valence-corrected chi connectivity index (χ1v) is 8.42. The number of nitrogens with zero attached hydrogens (tertiary/aromatic N) is 2. The van der Waals surface area contributed by atoms with E-state index in [1.807, 2.05) is 17.9 Å². The van der Waals surface area contributed by atoms with Gasteiger partial charge in [-0.15, -0.1) is 0 Å². The lowest BCUT2D eigenvalue weighted by Gasteiger charge is -2.46. The predicted molar refractivity (Wildman–Crippen MR) is 99.7 cm³/mol. The number of H-pyrrole nitrogens is 1. The molecule has 1 aliphatic heterocycles. The van der Waals surface area contributed by atoms with Crippen LogP contribution >= 0.6 is 0 Å². The molecular weight excluding hydrogens is 316 g/mol. The van der Waals surface area contributed by atoms with Crippen LogP contribution in [-0.2, 0) is 4.79 Å². The largest absolute Gasteiger partial charge is 0.369 e. The molecule has 0 spiro atoms. The topological polar surface area (TPSA) is 92.1 Å². The van der Waals surface area contributed by atoms with Gasteiger partial charge in [0, 0.05) is 29.8 Å². The van der Waals surface area contributed by atoms with Crippen LogP contribution in [0.4, 0.5) is 11.6 Å². The molecule has 6 nitrogen and oxygen atoms in total. The van der Waals surface area contributed by atoms with Gasteiger partial charge in [0.25, 0.3) is 5.56 Å². The third-order valence-corrected chi connectivity index (χ3v) is 4.91. The molecule has 0 saturated heterocycles. The summed E-state index contributed by atoms with van der Waals surface area (Å²) in [7, 11) is 0. The fraction of sp³-hybridized carbons (Fsp3) is 0.421. The Balaban J connectivity index is 2.27. The number of hydrogen-bond donors (Lipinski definition) is 2. The quantitative estimate of drug-likeness (QED) is 0.835. The Morgan fingerprint density at radius 1 is 1.36 bits per heavy atom. The number of carbonyl (C=O) groups excluding carboxylic acids is 1. The van der Waals surface area contributed by atoms with Crippen molar-refractivity contribution in [2.24, 2.45) is 0 Å². The first kappa shape index (κ1) is 17.2. The molecule has 1 aromatic heterocycles. The Kier molecular flexibility index (Phi) is 3.94. The molecule has 0 radical (unpaired) electrons. The summed E-state index contributed by atoms with van der Waals surface area (Å²) in [4.78, 5) is 32.7. The number of rotatable bonds is 1. The zero-order valence-corrected chi connectivity index (χ0v) is 15.3. The number of aromatic amines is 1. The van der Waals surface area contributed by atoms with E-state index in [4.69, 9.17) is 5.73 Å². The van der Waals surface area contributed by atoms with E-state index < -0.39 is 0 Å². The molecule has 6 heteroatoms. The van der Waals surface area contributed by atoms with Crippen molar-refractivity contribution in [3.05, 3.63) is 39.7 Å². The number of carbonyl (C=O) groups is 1. The summed E-state index contributed by atoms with van der Waals surface area (Å²) in [5.74, 6) is 0.425. The minimum atomic E-state index is -0.295. The van der Waals surface area contributed by atoms with E-state index >= 15 is 0 Å². The maximum absolute atomic E-state index is 12.4. The average Bonchev–Trinajstić information content (AvgIpc) is 2.45. The summed E-state index contributed by atoms with van der Waals surface area (Å²) in [5.41, 5.74) is 9.49. The first-order valence-electron chi connectivity index (χ1n) is 8.42. The van der Waals surface area contributed by atoms with Crippen molar-refractivity contribution in [1.29, 1.82) is 0 Å². The number of amides is 1. The van der Waals surface area contributed by atoms with Gasteiger partial charge < -0.3 is 10.6 Å². The molecule has 1 aromatic carbocycles. The molecule has 1 amide bonds. The zero-order chi connectivity index (χ0) is 18.5. The van der Waals surface area contributed by atoms with Crippen molar-refractivity contribution >= 4 is 17.5 Å². The van der Waals surface area contributed by atoms with Gasteiger partial charge in [0.1, 0.15) is 0 Å². The first-order chi connectivity index (χ1) is 11.6. The molecule has 2 aromatic rings. The van der Waals surface area contributed by atoms with Crippen LogP contribution in [0.25, 0.3) is 11.3 Å². The van der Waals surface area contributed by atoms with Gasteiger partial charge in [-0.2, -0.15) is 0 Å². The van der Waals surface area contributed by atoms with Crippen LogP contribution in [0.2, 0.25) is 0 Å². The number of nitrogen functional groups attached to an aromatic ring is 1. The molecular formula is C19H24N4O2. The van der Waals surface area contributed by atoms with E-state index in [1.54, 1.807) is 6.92 Å². The van der Waals surface area contributed by atoms with Gasteiger partial charge in [0.05, 0.1) is 5.69 Å². The molecule has 0 bridgehead atoms. The number of benzene rings is 1. The van der Waals surface area contributed by atoms with Gasteiger partial charge in [-0.05, 0) is 50.3 Å². The summed E-state index contributed by atoms with van der Waals surface area (Å²) in [5, 5.41) is 0. The second-order valence-corrected chi connectivity index (χ2v) is 7.51. The van der Waals surface area contributed by atoms with E-state index in [-0.39, 0.29) is 23.0 Å². The number of nitrogens with two attached hydrogens (primary N) is 1. The van der Waals surface area contributed by atoms with Crippen LogP contribution in [0.15, 0.2) is 23.0 Å². The summed E-state index contributed by atoms with van der Waals surface area (Å²) in [6.07, 6.45) is 0.897. The van der Waals surface area contributed by atoms with Gasteiger partial charge >= 0.3 is 0 Å². The minimum Gasteiger partial charge on any atom is -0.369 e. The van der Waals surface area contributed by atoms with Crippen molar-refractivity contribution in [2.45, 2.75) is 52.5 Å². The van der Waals surface area contributed by atoms with Crippen LogP contribution < -0.4 is 16.2 Å². The standard InChI is InChI=1S/C19H24N4O2/c1-10-6-14-11(2)9-19(4,5)23(12(3)24)16(14)7-13(10)15-8-17(25)22-18(20)21-15/h6-8,11H,9H2,1-5H3,(H3,20,21,22,25). The van der Waals surface area contributed by atoms with Gasteiger partial charge in [0.15, 0.2) is 0 Å². The van der Waals surface area contributed by atoms with Crippen LogP contribution in [0.1, 0.15) is 51.2 Å². The third-order valence-electron chi connectivity index (χ3n) is 4.91.